The predicted octanol–water partition coefficient (Wildman–Crippen LogP) is 1.64. The first-order valence-electron chi connectivity index (χ1n) is 6.40. The maximum Gasteiger partial charge on any atom is 0.356 e. The summed E-state index contributed by atoms with van der Waals surface area (Å²) < 4.78 is 0. The summed E-state index contributed by atoms with van der Waals surface area (Å²) in [6.07, 6.45) is 2.22. The molecule has 6 heteroatoms. The molecule has 0 radical (unpaired) electrons. The first kappa shape index (κ1) is 16.4. The lowest BCUT2D eigenvalue weighted by atomic mass is 10.0. The molecule has 0 spiro atoms. The predicted molar refractivity (Wildman–Crippen MR) is 79.1 cm³/mol. The number of aliphatic carboxylic acids is 2. The monoisotopic (exact) mass is 290 g/mol. The lowest BCUT2D eigenvalue weighted by molar-refractivity contribution is -0.136. The maximum atomic E-state index is 10.9. The van der Waals surface area contributed by atoms with Crippen LogP contribution >= 0.6 is 0 Å². The Kier molecular flexibility index (Phi) is 5.66. The summed E-state index contributed by atoms with van der Waals surface area (Å²) in [5, 5.41) is 17.6. The second kappa shape index (κ2) is 7.23. The molecule has 0 aliphatic rings. The Morgan fingerprint density at radius 3 is 2.19 bits per heavy atom. The zero-order valence-electron chi connectivity index (χ0n) is 11.9. The molecular weight excluding hydrogens is 272 g/mol. The molecule has 0 heterocycles. The number of carbonyl (C=O) groups is 2. The third-order valence-corrected chi connectivity index (χ3v) is 2.65. The Hall–Kier alpha value is -2.63. The zero-order valence-corrected chi connectivity index (χ0v) is 11.9. The van der Waals surface area contributed by atoms with E-state index in [1.807, 2.05) is 12.1 Å². The number of benzene rings is 1. The molecule has 0 aliphatic carbocycles. The molecule has 0 fully saturated rings. The van der Waals surface area contributed by atoms with Crippen LogP contribution in [0.4, 0.5) is 0 Å². The standard InChI is InChI=1S/C15H18N2O4/c1-9(2)7-10-3-5-11(6-4-10)8-17-13(15(20)21)12(16)14(18)19/h3-6,8-9H,7,16H2,1-2H3,(H,18,19)(H,20,21)/b13-12+,17-8?. The first-order chi connectivity index (χ1) is 9.81. The minimum absolute atomic E-state index is 0.543. The molecule has 0 unspecified atom stereocenters. The summed E-state index contributed by atoms with van der Waals surface area (Å²) in [5.74, 6) is -2.46. The topological polar surface area (TPSA) is 113 Å². The summed E-state index contributed by atoms with van der Waals surface area (Å²) in [5.41, 5.74) is 5.54. The van der Waals surface area contributed by atoms with Crippen molar-refractivity contribution in [2.75, 3.05) is 0 Å². The molecular formula is C15H18N2O4. The van der Waals surface area contributed by atoms with Crippen LogP contribution in [0, 0.1) is 5.92 Å². The minimum atomic E-state index is -1.52. The molecule has 6 nitrogen and oxygen atoms in total. The highest BCUT2D eigenvalue weighted by molar-refractivity contribution is 5.99. The van der Waals surface area contributed by atoms with Crippen molar-refractivity contribution in [2.24, 2.45) is 16.6 Å². The largest absolute Gasteiger partial charge is 0.477 e. The van der Waals surface area contributed by atoms with E-state index in [1.165, 1.54) is 11.8 Å². The van der Waals surface area contributed by atoms with Crippen LogP contribution < -0.4 is 5.73 Å². The van der Waals surface area contributed by atoms with E-state index >= 15 is 0 Å². The van der Waals surface area contributed by atoms with E-state index in [2.05, 4.69) is 18.8 Å². The van der Waals surface area contributed by atoms with Crippen molar-refractivity contribution >= 4 is 18.2 Å². The normalized spacial score (nSPS) is 12.5. The first-order valence-corrected chi connectivity index (χ1v) is 6.40. The highest BCUT2D eigenvalue weighted by Crippen LogP contribution is 2.09. The molecule has 0 atom stereocenters. The number of nitrogens with two attached hydrogens (primary N) is 1. The van der Waals surface area contributed by atoms with E-state index in [4.69, 9.17) is 15.9 Å². The van der Waals surface area contributed by atoms with Crippen molar-refractivity contribution in [3.8, 4) is 0 Å². The molecule has 1 rings (SSSR count). The van der Waals surface area contributed by atoms with Gasteiger partial charge in [-0.2, -0.15) is 0 Å². The van der Waals surface area contributed by atoms with Gasteiger partial charge in [0.2, 0.25) is 0 Å². The molecule has 0 aliphatic heterocycles. The van der Waals surface area contributed by atoms with E-state index in [1.54, 1.807) is 12.1 Å². The van der Waals surface area contributed by atoms with Crippen LogP contribution in [0.15, 0.2) is 40.7 Å². The fraction of sp³-hybridized carbons (Fsp3) is 0.267. The van der Waals surface area contributed by atoms with Gasteiger partial charge < -0.3 is 15.9 Å². The molecule has 1 aromatic carbocycles. The lowest BCUT2D eigenvalue weighted by Crippen LogP contribution is -2.17. The van der Waals surface area contributed by atoms with Crippen LogP contribution in [0.3, 0.4) is 0 Å². The van der Waals surface area contributed by atoms with Gasteiger partial charge in [0, 0.05) is 6.21 Å². The number of hydrogen-bond donors (Lipinski definition) is 3. The Bertz CT molecular complexity index is 586. The molecule has 0 amide bonds. The van der Waals surface area contributed by atoms with Crippen LogP contribution in [0.2, 0.25) is 0 Å². The highest BCUT2D eigenvalue weighted by Gasteiger charge is 2.16. The Morgan fingerprint density at radius 1 is 1.19 bits per heavy atom. The molecule has 21 heavy (non-hydrogen) atoms. The maximum absolute atomic E-state index is 10.9. The van der Waals surface area contributed by atoms with Crippen molar-refractivity contribution in [1.82, 2.24) is 0 Å². The van der Waals surface area contributed by atoms with Crippen LogP contribution in [-0.2, 0) is 16.0 Å². The molecule has 0 bridgehead atoms. The fourth-order valence-corrected chi connectivity index (χ4v) is 1.69. The van der Waals surface area contributed by atoms with Gasteiger partial charge in [0.05, 0.1) is 0 Å². The minimum Gasteiger partial charge on any atom is -0.477 e. The van der Waals surface area contributed by atoms with Gasteiger partial charge in [-0.25, -0.2) is 14.6 Å². The number of rotatable bonds is 6. The van der Waals surface area contributed by atoms with E-state index < -0.39 is 23.3 Å². The Balaban J connectivity index is 2.95. The number of hydrogen-bond acceptors (Lipinski definition) is 4. The van der Waals surface area contributed by atoms with Crippen molar-refractivity contribution in [1.29, 1.82) is 0 Å². The van der Waals surface area contributed by atoms with Gasteiger partial charge in [0.1, 0.15) is 0 Å². The van der Waals surface area contributed by atoms with E-state index in [0.29, 0.717) is 11.5 Å². The van der Waals surface area contributed by atoms with Gasteiger partial charge in [-0.1, -0.05) is 38.1 Å². The third-order valence-electron chi connectivity index (χ3n) is 2.65. The Morgan fingerprint density at radius 2 is 1.76 bits per heavy atom. The summed E-state index contributed by atoms with van der Waals surface area (Å²) in [6.45, 7) is 4.24. The van der Waals surface area contributed by atoms with Gasteiger partial charge in [0.15, 0.2) is 11.4 Å². The fourth-order valence-electron chi connectivity index (χ4n) is 1.69. The zero-order chi connectivity index (χ0) is 16.0. The van der Waals surface area contributed by atoms with Crippen molar-refractivity contribution in [3.63, 3.8) is 0 Å². The number of nitrogens with zero attached hydrogens (tertiary/aromatic N) is 1. The second-order valence-corrected chi connectivity index (χ2v) is 4.97. The van der Waals surface area contributed by atoms with Crippen molar-refractivity contribution in [2.45, 2.75) is 20.3 Å². The van der Waals surface area contributed by atoms with E-state index in [9.17, 15) is 9.59 Å². The van der Waals surface area contributed by atoms with Crippen LogP contribution in [-0.4, -0.2) is 28.4 Å². The number of carboxylic acid groups (broad SMARTS) is 2. The molecule has 0 saturated heterocycles. The molecule has 112 valence electrons. The summed E-state index contributed by atoms with van der Waals surface area (Å²) >= 11 is 0. The molecule has 4 N–H and O–H groups in total. The summed E-state index contributed by atoms with van der Waals surface area (Å²) in [7, 11) is 0. The van der Waals surface area contributed by atoms with Crippen LogP contribution in [0.5, 0.6) is 0 Å². The van der Waals surface area contributed by atoms with E-state index in [0.717, 1.165) is 6.42 Å². The van der Waals surface area contributed by atoms with Gasteiger partial charge in [-0.3, -0.25) is 0 Å². The Labute approximate surface area is 122 Å². The van der Waals surface area contributed by atoms with Gasteiger partial charge in [-0.15, -0.1) is 0 Å². The smallest absolute Gasteiger partial charge is 0.356 e. The molecule has 1 aromatic rings. The quantitative estimate of drug-likeness (QED) is 0.544. The highest BCUT2D eigenvalue weighted by atomic mass is 16.4. The van der Waals surface area contributed by atoms with Gasteiger partial charge in [0.25, 0.3) is 0 Å². The SMILES string of the molecule is CC(C)Cc1ccc(C=N/C(C(=O)O)=C(/N)C(=O)O)cc1. The van der Waals surface area contributed by atoms with E-state index in [-0.39, 0.29) is 0 Å². The molecule has 0 saturated carbocycles. The summed E-state index contributed by atoms with van der Waals surface area (Å²) in [4.78, 5) is 25.3. The second-order valence-electron chi connectivity index (χ2n) is 4.97. The summed E-state index contributed by atoms with van der Waals surface area (Å²) in [6, 6.07) is 7.42. The average Bonchev–Trinajstić information content (AvgIpc) is 2.39. The van der Waals surface area contributed by atoms with Crippen LogP contribution in [0.1, 0.15) is 25.0 Å². The van der Waals surface area contributed by atoms with Crippen molar-refractivity contribution in [3.05, 3.63) is 46.8 Å². The lowest BCUT2D eigenvalue weighted by Gasteiger charge is -2.04. The molecule has 0 aromatic heterocycles. The van der Waals surface area contributed by atoms with Crippen LogP contribution in [0.25, 0.3) is 0 Å². The number of aliphatic imine (C=N–C) groups is 1. The van der Waals surface area contributed by atoms with Gasteiger partial charge in [-0.05, 0) is 23.5 Å². The van der Waals surface area contributed by atoms with Gasteiger partial charge >= 0.3 is 11.9 Å². The van der Waals surface area contributed by atoms with Crippen molar-refractivity contribution < 1.29 is 19.8 Å². The average molecular weight is 290 g/mol. The third kappa shape index (κ3) is 5.10. The number of carboxylic acids is 2.